The van der Waals surface area contributed by atoms with Crippen LogP contribution in [0.1, 0.15) is 42.2 Å². The first-order valence-electron chi connectivity index (χ1n) is 9.78. The van der Waals surface area contributed by atoms with E-state index in [2.05, 4.69) is 6.92 Å². The predicted octanol–water partition coefficient (Wildman–Crippen LogP) is 4.42. The summed E-state index contributed by atoms with van der Waals surface area (Å²) in [6, 6.07) is 7.97. The number of carboxylic acid groups (broad SMARTS) is 1. The fraction of sp³-hybridized carbons (Fsp3) is 0.409. The van der Waals surface area contributed by atoms with E-state index < -0.39 is 5.97 Å². The minimum atomic E-state index is -0.846. The van der Waals surface area contributed by atoms with Crippen LogP contribution in [0.5, 0.6) is 0 Å². The number of hydrogen-bond acceptors (Lipinski definition) is 4. The molecule has 0 radical (unpaired) electrons. The molecule has 0 fully saturated rings. The lowest BCUT2D eigenvalue weighted by molar-refractivity contribution is -0.137. The highest BCUT2D eigenvalue weighted by Gasteiger charge is 2.25. The zero-order chi connectivity index (χ0) is 19.8. The van der Waals surface area contributed by atoms with E-state index in [9.17, 15) is 9.59 Å². The maximum absolute atomic E-state index is 13.5. The van der Waals surface area contributed by atoms with E-state index in [4.69, 9.17) is 10.1 Å². The van der Waals surface area contributed by atoms with E-state index in [1.807, 2.05) is 31.2 Å². The summed E-state index contributed by atoms with van der Waals surface area (Å²) in [6.07, 6.45) is 3.47. The van der Waals surface area contributed by atoms with E-state index in [1.54, 1.807) is 15.9 Å². The van der Waals surface area contributed by atoms with Crippen LogP contribution in [0.25, 0.3) is 21.6 Å². The van der Waals surface area contributed by atoms with Gasteiger partial charge >= 0.3 is 5.97 Å². The van der Waals surface area contributed by atoms with Gasteiger partial charge in [-0.3, -0.25) is 14.2 Å². The van der Waals surface area contributed by atoms with Crippen LogP contribution in [0.2, 0.25) is 0 Å². The molecule has 0 amide bonds. The van der Waals surface area contributed by atoms with Gasteiger partial charge in [0, 0.05) is 23.4 Å². The second-order valence-electron chi connectivity index (χ2n) is 7.79. The topological polar surface area (TPSA) is 72.2 Å². The predicted molar refractivity (Wildman–Crippen MR) is 112 cm³/mol. The van der Waals surface area contributed by atoms with Gasteiger partial charge in [-0.15, -0.1) is 11.3 Å². The Balaban J connectivity index is 1.89. The van der Waals surface area contributed by atoms with Crippen LogP contribution in [-0.4, -0.2) is 20.6 Å². The van der Waals surface area contributed by atoms with Gasteiger partial charge in [0.2, 0.25) is 0 Å². The minimum Gasteiger partial charge on any atom is -0.481 e. The number of carbonyl (C=O) groups is 1. The van der Waals surface area contributed by atoms with Crippen molar-refractivity contribution in [2.75, 3.05) is 0 Å². The van der Waals surface area contributed by atoms with Crippen molar-refractivity contribution in [1.82, 2.24) is 9.55 Å². The van der Waals surface area contributed by atoms with Crippen molar-refractivity contribution in [3.8, 4) is 11.4 Å². The van der Waals surface area contributed by atoms with Gasteiger partial charge < -0.3 is 5.11 Å². The molecule has 0 aliphatic heterocycles. The quantitative estimate of drug-likeness (QED) is 0.693. The lowest BCUT2D eigenvalue weighted by Crippen LogP contribution is -2.24. The molecule has 28 heavy (non-hydrogen) atoms. The molecule has 1 unspecified atom stereocenters. The standard InChI is InChI=1S/C22H24N2O3S/c1-13-5-8-15(9-6-13)20-23-21-19(16-10-7-14(2)12-17(16)28-21)22(27)24(20)11-3-4-18(25)26/h5-6,8-9,14H,3-4,7,10-12H2,1-2H3,(H,25,26). The Morgan fingerprint density at radius 2 is 2.07 bits per heavy atom. The molecule has 2 aromatic heterocycles. The van der Waals surface area contributed by atoms with E-state index in [0.717, 1.165) is 46.2 Å². The first kappa shape index (κ1) is 18.9. The molecule has 0 saturated heterocycles. The molecule has 5 nitrogen and oxygen atoms in total. The van der Waals surface area contributed by atoms with Gasteiger partial charge in [0.1, 0.15) is 10.7 Å². The van der Waals surface area contributed by atoms with Crippen LogP contribution in [0.4, 0.5) is 0 Å². The largest absolute Gasteiger partial charge is 0.481 e. The third-order valence-electron chi connectivity index (χ3n) is 5.50. The first-order valence-corrected chi connectivity index (χ1v) is 10.6. The minimum absolute atomic E-state index is 0.0296. The smallest absolute Gasteiger partial charge is 0.303 e. The SMILES string of the molecule is Cc1ccc(-c2nc3sc4c(c3c(=O)n2CCCC(=O)O)CCC(C)C4)cc1. The van der Waals surface area contributed by atoms with Crippen molar-refractivity contribution >= 4 is 27.5 Å². The number of benzene rings is 1. The molecular weight excluding hydrogens is 372 g/mol. The van der Waals surface area contributed by atoms with Gasteiger partial charge in [0.05, 0.1) is 5.39 Å². The van der Waals surface area contributed by atoms with E-state index >= 15 is 0 Å². The van der Waals surface area contributed by atoms with Crippen molar-refractivity contribution in [3.63, 3.8) is 0 Å². The highest BCUT2D eigenvalue weighted by Crippen LogP contribution is 2.36. The second-order valence-corrected chi connectivity index (χ2v) is 8.87. The zero-order valence-electron chi connectivity index (χ0n) is 16.2. The summed E-state index contributed by atoms with van der Waals surface area (Å²) in [5, 5.41) is 9.75. The van der Waals surface area contributed by atoms with Gasteiger partial charge in [-0.1, -0.05) is 36.8 Å². The molecule has 6 heteroatoms. The van der Waals surface area contributed by atoms with E-state index in [-0.39, 0.29) is 12.0 Å². The van der Waals surface area contributed by atoms with E-state index in [1.165, 1.54) is 4.88 Å². The lowest BCUT2D eigenvalue weighted by Gasteiger charge is -2.18. The van der Waals surface area contributed by atoms with Crippen molar-refractivity contribution in [2.45, 2.75) is 52.5 Å². The molecule has 4 rings (SSSR count). The number of nitrogens with zero attached hydrogens (tertiary/aromatic N) is 2. The molecular formula is C22H24N2O3S. The van der Waals surface area contributed by atoms with Gasteiger partial charge in [-0.05, 0) is 44.1 Å². The summed E-state index contributed by atoms with van der Waals surface area (Å²) in [5.41, 5.74) is 3.17. The van der Waals surface area contributed by atoms with Crippen LogP contribution in [0, 0.1) is 12.8 Å². The number of aromatic nitrogens is 2. The highest BCUT2D eigenvalue weighted by molar-refractivity contribution is 7.18. The van der Waals surface area contributed by atoms with Gasteiger partial charge in [-0.25, -0.2) is 4.98 Å². The fourth-order valence-corrected chi connectivity index (χ4v) is 5.32. The Kier molecular flexibility index (Phi) is 5.06. The molecule has 2 heterocycles. The summed E-state index contributed by atoms with van der Waals surface area (Å²) in [5.74, 6) is 0.422. The average Bonchev–Trinajstić information content (AvgIpc) is 3.01. The maximum Gasteiger partial charge on any atom is 0.303 e. The van der Waals surface area contributed by atoms with Crippen LogP contribution >= 0.6 is 11.3 Å². The highest BCUT2D eigenvalue weighted by atomic mass is 32.1. The Bertz CT molecular complexity index is 1100. The Labute approximate surface area is 167 Å². The average molecular weight is 397 g/mol. The first-order chi connectivity index (χ1) is 13.4. The molecule has 3 aromatic rings. The fourth-order valence-electron chi connectivity index (χ4n) is 3.94. The maximum atomic E-state index is 13.5. The van der Waals surface area contributed by atoms with Crippen LogP contribution in [0.3, 0.4) is 0 Å². The number of fused-ring (bicyclic) bond motifs is 3. The molecule has 1 N–H and O–H groups in total. The molecule has 1 aliphatic rings. The number of carboxylic acids is 1. The van der Waals surface area contributed by atoms with Crippen LogP contribution < -0.4 is 5.56 Å². The Hall–Kier alpha value is -2.47. The summed E-state index contributed by atoms with van der Waals surface area (Å²) < 4.78 is 1.68. The van der Waals surface area contributed by atoms with Gasteiger partial charge in [0.25, 0.3) is 5.56 Å². The molecule has 0 spiro atoms. The molecule has 0 bridgehead atoms. The molecule has 1 aliphatic carbocycles. The number of aliphatic carboxylic acids is 1. The normalized spacial score (nSPS) is 16.3. The summed E-state index contributed by atoms with van der Waals surface area (Å²) in [7, 11) is 0. The van der Waals surface area contributed by atoms with Crippen LogP contribution in [0.15, 0.2) is 29.1 Å². The lowest BCUT2D eigenvalue weighted by atomic mass is 9.89. The van der Waals surface area contributed by atoms with Crippen molar-refractivity contribution in [3.05, 3.63) is 50.6 Å². The molecule has 146 valence electrons. The second kappa shape index (κ2) is 7.51. The number of hydrogen-bond donors (Lipinski definition) is 1. The molecule has 1 aromatic carbocycles. The van der Waals surface area contributed by atoms with Crippen molar-refractivity contribution in [1.29, 1.82) is 0 Å². The zero-order valence-corrected chi connectivity index (χ0v) is 17.0. The Morgan fingerprint density at radius 3 is 2.79 bits per heavy atom. The monoisotopic (exact) mass is 396 g/mol. The van der Waals surface area contributed by atoms with Crippen LogP contribution in [-0.2, 0) is 24.2 Å². The van der Waals surface area contributed by atoms with Crippen molar-refractivity contribution < 1.29 is 9.90 Å². The molecule has 1 atom stereocenters. The Morgan fingerprint density at radius 1 is 1.32 bits per heavy atom. The van der Waals surface area contributed by atoms with E-state index in [0.29, 0.717) is 24.7 Å². The summed E-state index contributed by atoms with van der Waals surface area (Å²) >= 11 is 1.65. The van der Waals surface area contributed by atoms with Gasteiger partial charge in [-0.2, -0.15) is 0 Å². The third kappa shape index (κ3) is 3.49. The van der Waals surface area contributed by atoms with Crippen molar-refractivity contribution in [2.24, 2.45) is 5.92 Å². The number of thiophene rings is 1. The molecule has 0 saturated carbocycles. The number of rotatable bonds is 5. The summed E-state index contributed by atoms with van der Waals surface area (Å²) in [6.45, 7) is 4.63. The van der Waals surface area contributed by atoms with Gasteiger partial charge in [0.15, 0.2) is 0 Å². The third-order valence-corrected chi connectivity index (χ3v) is 6.65. The number of aryl methyl sites for hydroxylation is 2. The summed E-state index contributed by atoms with van der Waals surface area (Å²) in [4.78, 5) is 31.4.